The SMILES string of the molecule is COc1ccc2nc(NC(=O)C(=O)[C@@H]3C(=O)N(c4ccc([N+](=O)[O-])cc4[N+](=O)[O-])N=C3C)sc2c1. The predicted molar refractivity (Wildman–Crippen MR) is 124 cm³/mol. The smallest absolute Gasteiger partial charge is 0.301 e. The average molecular weight is 498 g/mol. The maximum atomic E-state index is 12.9. The molecule has 4 rings (SSSR count). The number of hydrogen-bond acceptors (Lipinski definition) is 11. The van der Waals surface area contributed by atoms with Crippen molar-refractivity contribution in [2.75, 3.05) is 17.4 Å². The first kappa shape index (κ1) is 23.4. The summed E-state index contributed by atoms with van der Waals surface area (Å²) in [6, 6.07) is 7.68. The van der Waals surface area contributed by atoms with Crippen molar-refractivity contribution in [3.05, 3.63) is 56.6 Å². The first-order valence-corrected chi connectivity index (χ1v) is 10.5. The summed E-state index contributed by atoms with van der Waals surface area (Å²) in [6.07, 6.45) is 0. The molecule has 0 bridgehead atoms. The van der Waals surface area contributed by atoms with E-state index in [2.05, 4.69) is 15.4 Å². The lowest BCUT2D eigenvalue weighted by atomic mass is 9.98. The largest absolute Gasteiger partial charge is 0.497 e. The van der Waals surface area contributed by atoms with E-state index in [1.807, 2.05) is 0 Å². The van der Waals surface area contributed by atoms with Crippen LogP contribution in [0.1, 0.15) is 6.92 Å². The number of hydrazone groups is 1. The quantitative estimate of drug-likeness (QED) is 0.221. The van der Waals surface area contributed by atoms with E-state index in [0.29, 0.717) is 27.0 Å². The monoisotopic (exact) mass is 498 g/mol. The van der Waals surface area contributed by atoms with Crippen LogP contribution < -0.4 is 15.1 Å². The molecule has 0 saturated carbocycles. The maximum absolute atomic E-state index is 12.9. The molecule has 3 aromatic rings. The first-order chi connectivity index (χ1) is 16.6. The van der Waals surface area contributed by atoms with Crippen LogP contribution in [0.25, 0.3) is 10.2 Å². The highest BCUT2D eigenvalue weighted by molar-refractivity contribution is 7.22. The third kappa shape index (κ3) is 4.26. The molecule has 0 fully saturated rings. The van der Waals surface area contributed by atoms with Crippen molar-refractivity contribution in [2.45, 2.75) is 6.92 Å². The molecule has 0 spiro atoms. The number of thiazole rings is 1. The molecule has 35 heavy (non-hydrogen) atoms. The molecule has 0 radical (unpaired) electrons. The van der Waals surface area contributed by atoms with E-state index in [1.54, 1.807) is 18.2 Å². The molecule has 1 aliphatic rings. The molecule has 1 aromatic heterocycles. The zero-order valence-electron chi connectivity index (χ0n) is 18.0. The molecule has 0 saturated heterocycles. The number of ether oxygens (including phenoxy) is 1. The Morgan fingerprint density at radius 1 is 1.14 bits per heavy atom. The molecule has 0 unspecified atom stereocenters. The molecule has 2 heterocycles. The number of amides is 2. The second-order valence-electron chi connectivity index (χ2n) is 7.18. The molecule has 178 valence electrons. The van der Waals surface area contributed by atoms with E-state index in [4.69, 9.17) is 4.74 Å². The summed E-state index contributed by atoms with van der Waals surface area (Å²) >= 11 is 1.09. The molecule has 2 aromatic carbocycles. The Morgan fingerprint density at radius 3 is 2.54 bits per heavy atom. The van der Waals surface area contributed by atoms with Gasteiger partial charge in [0.25, 0.3) is 17.5 Å². The van der Waals surface area contributed by atoms with E-state index in [9.17, 15) is 34.6 Å². The highest BCUT2D eigenvalue weighted by atomic mass is 32.1. The summed E-state index contributed by atoms with van der Waals surface area (Å²) < 4.78 is 5.83. The molecule has 1 N–H and O–H groups in total. The second-order valence-corrected chi connectivity index (χ2v) is 8.21. The molecule has 0 aliphatic carbocycles. The number of methoxy groups -OCH3 is 1. The lowest BCUT2D eigenvalue weighted by molar-refractivity contribution is -0.393. The summed E-state index contributed by atoms with van der Waals surface area (Å²) in [7, 11) is 1.50. The van der Waals surface area contributed by atoms with Gasteiger partial charge in [0.2, 0.25) is 5.78 Å². The fourth-order valence-electron chi connectivity index (χ4n) is 3.37. The fourth-order valence-corrected chi connectivity index (χ4v) is 4.26. The van der Waals surface area contributed by atoms with Crippen LogP contribution in [0, 0.1) is 26.1 Å². The van der Waals surface area contributed by atoms with E-state index >= 15 is 0 Å². The number of non-ortho nitro benzene ring substituents is 1. The lowest BCUT2D eigenvalue weighted by Gasteiger charge is -2.13. The number of carbonyl (C=O) groups excluding carboxylic acids is 3. The van der Waals surface area contributed by atoms with Gasteiger partial charge in [0.15, 0.2) is 5.13 Å². The minimum absolute atomic E-state index is 0.0724. The van der Waals surface area contributed by atoms with Gasteiger partial charge in [0.05, 0.1) is 39.0 Å². The van der Waals surface area contributed by atoms with Gasteiger partial charge in [-0.2, -0.15) is 10.1 Å². The molecular formula is C20H14N6O8S. The summed E-state index contributed by atoms with van der Waals surface area (Å²) in [5.74, 6) is -4.31. The van der Waals surface area contributed by atoms with Gasteiger partial charge in [0, 0.05) is 6.07 Å². The van der Waals surface area contributed by atoms with Crippen molar-refractivity contribution in [1.29, 1.82) is 0 Å². The van der Waals surface area contributed by atoms with Crippen molar-refractivity contribution in [1.82, 2.24) is 4.98 Å². The topological polar surface area (TPSA) is 187 Å². The Hall–Kier alpha value is -4.79. The number of nitro groups is 2. The van der Waals surface area contributed by atoms with Gasteiger partial charge in [0.1, 0.15) is 17.4 Å². The predicted octanol–water partition coefficient (Wildman–Crippen LogP) is 2.67. The van der Waals surface area contributed by atoms with Gasteiger partial charge < -0.3 is 4.74 Å². The lowest BCUT2D eigenvalue weighted by Crippen LogP contribution is -2.39. The Kier molecular flexibility index (Phi) is 5.92. The van der Waals surface area contributed by atoms with E-state index in [-0.39, 0.29) is 16.5 Å². The molecule has 2 amide bonds. The first-order valence-electron chi connectivity index (χ1n) is 9.72. The van der Waals surface area contributed by atoms with Gasteiger partial charge in [-0.25, -0.2) is 4.98 Å². The van der Waals surface area contributed by atoms with Crippen molar-refractivity contribution in [3.8, 4) is 5.75 Å². The van der Waals surface area contributed by atoms with E-state index < -0.39 is 44.7 Å². The van der Waals surface area contributed by atoms with E-state index in [0.717, 1.165) is 23.5 Å². The number of fused-ring (bicyclic) bond motifs is 1. The van der Waals surface area contributed by atoms with Gasteiger partial charge >= 0.3 is 5.69 Å². The van der Waals surface area contributed by atoms with E-state index in [1.165, 1.54) is 14.0 Å². The van der Waals surface area contributed by atoms with Crippen LogP contribution in [0.4, 0.5) is 22.2 Å². The van der Waals surface area contributed by atoms with Crippen LogP contribution in [0.5, 0.6) is 5.75 Å². The van der Waals surface area contributed by atoms with Crippen LogP contribution in [0.15, 0.2) is 41.5 Å². The zero-order valence-corrected chi connectivity index (χ0v) is 18.8. The maximum Gasteiger partial charge on any atom is 0.301 e. The molecule has 1 atom stereocenters. The van der Waals surface area contributed by atoms with Crippen molar-refractivity contribution < 1.29 is 29.0 Å². The number of Topliss-reactive ketones (excluding diaryl/α,β-unsaturated/α-hetero) is 1. The zero-order chi connectivity index (χ0) is 25.4. The molecule has 15 heteroatoms. The number of hydrogen-bond donors (Lipinski definition) is 1. The number of nitrogens with zero attached hydrogens (tertiary/aromatic N) is 5. The third-order valence-electron chi connectivity index (χ3n) is 5.03. The molecular weight excluding hydrogens is 484 g/mol. The van der Waals surface area contributed by atoms with Crippen molar-refractivity contribution in [2.24, 2.45) is 11.0 Å². The number of rotatable bonds is 7. The number of carbonyl (C=O) groups is 3. The normalized spacial score (nSPS) is 15.1. The van der Waals surface area contributed by atoms with Crippen molar-refractivity contribution in [3.63, 3.8) is 0 Å². The second kappa shape index (κ2) is 8.86. The number of anilines is 2. The Morgan fingerprint density at radius 2 is 1.89 bits per heavy atom. The van der Waals surface area contributed by atoms with Crippen LogP contribution in [0.2, 0.25) is 0 Å². The van der Waals surface area contributed by atoms with Crippen LogP contribution >= 0.6 is 11.3 Å². The van der Waals surface area contributed by atoms with Crippen molar-refractivity contribution >= 4 is 67.1 Å². The minimum atomic E-state index is -1.63. The number of nitro benzene ring substituents is 2. The average Bonchev–Trinajstić information content (AvgIpc) is 3.36. The van der Waals surface area contributed by atoms with Gasteiger partial charge in [-0.1, -0.05) is 11.3 Å². The number of benzene rings is 2. The number of ketones is 1. The molecule has 1 aliphatic heterocycles. The Balaban J connectivity index is 1.57. The summed E-state index contributed by atoms with van der Waals surface area (Å²) in [5.41, 5.74) is -1.21. The summed E-state index contributed by atoms with van der Waals surface area (Å²) in [5, 5.41) is 29.4. The van der Waals surface area contributed by atoms with Gasteiger partial charge in [-0.3, -0.25) is 39.9 Å². The Labute approximate surface area is 199 Å². The molecule has 14 nitrogen and oxygen atoms in total. The van der Waals surface area contributed by atoms with Crippen LogP contribution in [-0.4, -0.2) is 45.2 Å². The summed E-state index contributed by atoms with van der Waals surface area (Å²) in [4.78, 5) is 63.2. The number of aromatic nitrogens is 1. The standard InChI is InChI=1S/C20H14N6O8S/c1-9-16(17(27)18(28)22-20-21-12-5-4-11(34-2)8-15(12)35-20)19(29)24(23-9)13-6-3-10(25(30)31)7-14(13)26(32)33/h3-8,16H,1-2H3,(H,21,22,28)/t16-/m1/s1. The summed E-state index contributed by atoms with van der Waals surface area (Å²) in [6.45, 7) is 1.31. The Bertz CT molecular complexity index is 1470. The highest BCUT2D eigenvalue weighted by Gasteiger charge is 2.44. The third-order valence-corrected chi connectivity index (χ3v) is 5.96. The fraction of sp³-hybridized carbons (Fsp3) is 0.150. The van der Waals surface area contributed by atoms with Crippen LogP contribution in [-0.2, 0) is 14.4 Å². The van der Waals surface area contributed by atoms with Gasteiger partial charge in [-0.05, 0) is 31.2 Å². The highest BCUT2D eigenvalue weighted by Crippen LogP contribution is 2.35. The number of nitrogens with one attached hydrogen (secondary N) is 1. The van der Waals surface area contributed by atoms with Gasteiger partial charge in [-0.15, -0.1) is 0 Å². The minimum Gasteiger partial charge on any atom is -0.497 e. The van der Waals surface area contributed by atoms with Crippen LogP contribution in [0.3, 0.4) is 0 Å².